The molecule has 2 heterocycles. The van der Waals surface area contributed by atoms with Crippen molar-refractivity contribution in [2.24, 2.45) is 4.99 Å². The SMILES string of the molecule is CN=C(NCCc1ccc2c(c1)OCO2)NCc1ccc(Cn2ccccc2=O)cc1. The topological polar surface area (TPSA) is 76.9 Å². The molecular weight excluding hydrogens is 392 g/mol. The molecule has 0 amide bonds. The minimum absolute atomic E-state index is 0.00358. The second kappa shape index (κ2) is 9.84. The molecule has 1 aliphatic rings. The van der Waals surface area contributed by atoms with E-state index in [0.29, 0.717) is 19.9 Å². The smallest absolute Gasteiger partial charge is 0.250 e. The molecule has 3 aromatic rings. The van der Waals surface area contributed by atoms with Gasteiger partial charge in [0, 0.05) is 32.4 Å². The van der Waals surface area contributed by atoms with Crippen LogP contribution in [0.15, 0.2) is 76.6 Å². The van der Waals surface area contributed by atoms with Crippen LogP contribution in [0.5, 0.6) is 11.5 Å². The summed E-state index contributed by atoms with van der Waals surface area (Å²) in [6.07, 6.45) is 2.65. The molecule has 2 N–H and O–H groups in total. The maximum atomic E-state index is 11.8. The predicted octanol–water partition coefficient (Wildman–Crippen LogP) is 2.53. The normalized spacial score (nSPS) is 12.6. The Kier molecular flexibility index (Phi) is 6.52. The lowest BCUT2D eigenvalue weighted by molar-refractivity contribution is 0.174. The summed E-state index contributed by atoms with van der Waals surface area (Å²) in [5.74, 6) is 2.36. The first-order valence-electron chi connectivity index (χ1n) is 10.3. The van der Waals surface area contributed by atoms with Gasteiger partial charge in [0.15, 0.2) is 17.5 Å². The third-order valence-electron chi connectivity index (χ3n) is 5.10. The lowest BCUT2D eigenvalue weighted by atomic mass is 10.1. The zero-order valence-corrected chi connectivity index (χ0v) is 17.5. The van der Waals surface area contributed by atoms with Crippen molar-refractivity contribution in [2.45, 2.75) is 19.5 Å². The van der Waals surface area contributed by atoms with Gasteiger partial charge in [0.05, 0.1) is 6.54 Å². The van der Waals surface area contributed by atoms with Crippen molar-refractivity contribution >= 4 is 5.96 Å². The molecule has 0 atom stereocenters. The first-order valence-corrected chi connectivity index (χ1v) is 10.3. The molecule has 0 spiro atoms. The van der Waals surface area contributed by atoms with E-state index in [1.165, 1.54) is 5.56 Å². The average Bonchev–Trinajstić information content (AvgIpc) is 3.26. The number of nitrogens with zero attached hydrogens (tertiary/aromatic N) is 2. The Morgan fingerprint density at radius 3 is 2.55 bits per heavy atom. The Labute approximate surface area is 181 Å². The van der Waals surface area contributed by atoms with Gasteiger partial charge >= 0.3 is 0 Å². The highest BCUT2D eigenvalue weighted by Gasteiger charge is 2.13. The minimum atomic E-state index is 0.00358. The van der Waals surface area contributed by atoms with Gasteiger partial charge in [-0.2, -0.15) is 0 Å². The summed E-state index contributed by atoms with van der Waals surface area (Å²) in [4.78, 5) is 16.1. The van der Waals surface area contributed by atoms with Crippen LogP contribution in [0.1, 0.15) is 16.7 Å². The van der Waals surface area contributed by atoms with Gasteiger partial charge in [0.2, 0.25) is 6.79 Å². The molecule has 1 aliphatic heterocycles. The molecule has 7 heteroatoms. The summed E-state index contributed by atoms with van der Waals surface area (Å²) < 4.78 is 12.5. The number of benzene rings is 2. The number of fused-ring (bicyclic) bond motifs is 1. The Hall–Kier alpha value is -3.74. The Bertz CT molecular complexity index is 1110. The van der Waals surface area contributed by atoms with Gasteiger partial charge in [-0.15, -0.1) is 0 Å². The van der Waals surface area contributed by atoms with Gasteiger partial charge in [-0.25, -0.2) is 0 Å². The van der Waals surface area contributed by atoms with Crippen LogP contribution in [0.25, 0.3) is 0 Å². The maximum absolute atomic E-state index is 11.8. The van der Waals surface area contributed by atoms with Crippen molar-refractivity contribution in [3.63, 3.8) is 0 Å². The molecule has 0 aliphatic carbocycles. The van der Waals surface area contributed by atoms with Crippen LogP contribution in [-0.2, 0) is 19.5 Å². The first kappa shape index (κ1) is 20.5. The van der Waals surface area contributed by atoms with E-state index in [9.17, 15) is 4.79 Å². The van der Waals surface area contributed by atoms with E-state index in [1.807, 2.05) is 30.3 Å². The number of hydrogen-bond donors (Lipinski definition) is 2. The minimum Gasteiger partial charge on any atom is -0.454 e. The van der Waals surface area contributed by atoms with Crippen LogP contribution in [0.2, 0.25) is 0 Å². The van der Waals surface area contributed by atoms with Gasteiger partial charge in [-0.1, -0.05) is 36.4 Å². The van der Waals surface area contributed by atoms with Crippen LogP contribution in [-0.4, -0.2) is 30.9 Å². The summed E-state index contributed by atoms with van der Waals surface area (Å²) >= 11 is 0. The van der Waals surface area contributed by atoms with E-state index in [4.69, 9.17) is 9.47 Å². The Morgan fingerprint density at radius 1 is 0.968 bits per heavy atom. The van der Waals surface area contributed by atoms with Gasteiger partial charge in [0.1, 0.15) is 0 Å². The summed E-state index contributed by atoms with van der Waals surface area (Å²) in [5, 5.41) is 6.67. The van der Waals surface area contributed by atoms with Gasteiger partial charge in [0.25, 0.3) is 5.56 Å². The van der Waals surface area contributed by atoms with Crippen molar-refractivity contribution < 1.29 is 9.47 Å². The number of ether oxygens (including phenoxy) is 2. The molecule has 160 valence electrons. The first-order chi connectivity index (χ1) is 15.2. The molecule has 2 aromatic carbocycles. The zero-order chi connectivity index (χ0) is 21.5. The van der Waals surface area contributed by atoms with E-state index < -0.39 is 0 Å². The van der Waals surface area contributed by atoms with Crippen LogP contribution < -0.4 is 25.7 Å². The third-order valence-corrected chi connectivity index (χ3v) is 5.10. The molecule has 4 rings (SSSR count). The van der Waals surface area contributed by atoms with Crippen molar-refractivity contribution in [2.75, 3.05) is 20.4 Å². The quantitative estimate of drug-likeness (QED) is 0.456. The van der Waals surface area contributed by atoms with E-state index in [1.54, 1.807) is 29.9 Å². The summed E-state index contributed by atoms with van der Waals surface area (Å²) in [5.41, 5.74) is 3.41. The molecule has 0 unspecified atom stereocenters. The molecular formula is C24H26N4O3. The van der Waals surface area contributed by atoms with E-state index in [2.05, 4.69) is 33.8 Å². The zero-order valence-electron chi connectivity index (χ0n) is 17.5. The number of aliphatic imine (C=N–C) groups is 1. The summed E-state index contributed by atoms with van der Waals surface area (Å²) in [7, 11) is 1.76. The molecule has 0 saturated heterocycles. The molecule has 0 fully saturated rings. The average molecular weight is 418 g/mol. The number of nitrogens with one attached hydrogen (secondary N) is 2. The van der Waals surface area contributed by atoms with Crippen LogP contribution in [0.4, 0.5) is 0 Å². The van der Waals surface area contributed by atoms with Gasteiger partial charge in [-0.05, 0) is 41.3 Å². The van der Waals surface area contributed by atoms with Crippen molar-refractivity contribution in [3.8, 4) is 11.5 Å². The molecule has 7 nitrogen and oxygen atoms in total. The molecule has 1 aromatic heterocycles. The van der Waals surface area contributed by atoms with Crippen LogP contribution in [0.3, 0.4) is 0 Å². The highest BCUT2D eigenvalue weighted by atomic mass is 16.7. The van der Waals surface area contributed by atoms with E-state index >= 15 is 0 Å². The third kappa shape index (κ3) is 5.45. The largest absolute Gasteiger partial charge is 0.454 e. The standard InChI is InChI=1S/C24H26N4O3/c1-25-24(26-12-11-18-9-10-21-22(14-18)31-17-30-21)27-15-19-5-7-20(8-6-19)16-28-13-3-2-4-23(28)29/h2-10,13-14H,11-12,15-17H2,1H3,(H2,25,26,27). The van der Waals surface area contributed by atoms with E-state index in [-0.39, 0.29) is 5.56 Å². The number of guanidine groups is 1. The monoisotopic (exact) mass is 418 g/mol. The van der Waals surface area contributed by atoms with Gasteiger partial charge in [-0.3, -0.25) is 9.79 Å². The molecule has 31 heavy (non-hydrogen) atoms. The fraction of sp³-hybridized carbons (Fsp3) is 0.250. The predicted molar refractivity (Wildman–Crippen MR) is 121 cm³/mol. The molecule has 0 bridgehead atoms. The fourth-order valence-corrected chi connectivity index (χ4v) is 3.38. The summed E-state index contributed by atoms with van der Waals surface area (Å²) in [6.45, 7) is 2.27. The number of hydrogen-bond acceptors (Lipinski definition) is 4. The second-order valence-corrected chi connectivity index (χ2v) is 7.27. The molecule has 0 saturated carbocycles. The van der Waals surface area contributed by atoms with Crippen LogP contribution >= 0.6 is 0 Å². The van der Waals surface area contributed by atoms with E-state index in [0.717, 1.165) is 41.6 Å². The number of pyridine rings is 1. The highest BCUT2D eigenvalue weighted by Crippen LogP contribution is 2.32. The maximum Gasteiger partial charge on any atom is 0.250 e. The number of rotatable bonds is 7. The lowest BCUT2D eigenvalue weighted by Crippen LogP contribution is -2.37. The summed E-state index contributed by atoms with van der Waals surface area (Å²) in [6, 6.07) is 19.4. The second-order valence-electron chi connectivity index (χ2n) is 7.27. The lowest BCUT2D eigenvalue weighted by Gasteiger charge is -2.13. The Morgan fingerprint density at radius 2 is 1.74 bits per heavy atom. The number of aromatic nitrogens is 1. The fourth-order valence-electron chi connectivity index (χ4n) is 3.38. The highest BCUT2D eigenvalue weighted by molar-refractivity contribution is 5.79. The van der Waals surface area contributed by atoms with Gasteiger partial charge < -0.3 is 24.7 Å². The van der Waals surface area contributed by atoms with Crippen LogP contribution in [0, 0.1) is 0 Å². The molecule has 0 radical (unpaired) electrons. The van der Waals surface area contributed by atoms with Crippen molar-refractivity contribution in [1.82, 2.24) is 15.2 Å². The van der Waals surface area contributed by atoms with Crippen molar-refractivity contribution in [1.29, 1.82) is 0 Å². The Balaban J connectivity index is 1.24. The van der Waals surface area contributed by atoms with Crippen molar-refractivity contribution in [3.05, 3.63) is 93.9 Å².